The van der Waals surface area contributed by atoms with Crippen LogP contribution in [0.25, 0.3) is 0 Å². The average Bonchev–Trinajstić information content (AvgIpc) is 2.10. The van der Waals surface area contributed by atoms with Gasteiger partial charge in [0.05, 0.1) is 0 Å². The van der Waals surface area contributed by atoms with Crippen molar-refractivity contribution in [2.75, 3.05) is 12.8 Å². The van der Waals surface area contributed by atoms with E-state index in [-0.39, 0.29) is 0 Å². The molecule has 0 heterocycles. The van der Waals surface area contributed by atoms with Crippen molar-refractivity contribution < 1.29 is 0 Å². The Bertz CT molecular complexity index is 224. The van der Waals surface area contributed by atoms with Crippen LogP contribution in [0.5, 0.6) is 0 Å². The van der Waals surface area contributed by atoms with Crippen molar-refractivity contribution in [2.45, 2.75) is 19.4 Å². The van der Waals surface area contributed by atoms with E-state index in [0.717, 1.165) is 12.1 Å². The molecule has 0 saturated carbocycles. The zero-order chi connectivity index (χ0) is 8.97. The summed E-state index contributed by atoms with van der Waals surface area (Å²) in [6.45, 7) is 2.16. The summed E-state index contributed by atoms with van der Waals surface area (Å²) in [6, 6.07) is 8.47. The van der Waals surface area contributed by atoms with Crippen molar-refractivity contribution in [3.05, 3.63) is 29.8 Å². The van der Waals surface area contributed by atoms with Gasteiger partial charge in [-0.1, -0.05) is 19.1 Å². The second kappa shape index (κ2) is 4.12. The molecule has 0 radical (unpaired) electrons. The molecule has 0 bridgehead atoms. The van der Waals surface area contributed by atoms with Crippen molar-refractivity contribution in [2.24, 2.45) is 0 Å². The van der Waals surface area contributed by atoms with Crippen molar-refractivity contribution in [3.8, 4) is 0 Å². The van der Waals surface area contributed by atoms with Crippen molar-refractivity contribution in [1.29, 1.82) is 0 Å². The van der Waals surface area contributed by atoms with Gasteiger partial charge in [0.15, 0.2) is 0 Å². The molecule has 3 N–H and O–H groups in total. The van der Waals surface area contributed by atoms with E-state index in [0.29, 0.717) is 6.04 Å². The maximum atomic E-state index is 5.59. The minimum absolute atomic E-state index is 0.450. The second-order valence-corrected chi connectivity index (χ2v) is 2.92. The van der Waals surface area contributed by atoms with Gasteiger partial charge in [0.2, 0.25) is 0 Å². The minimum atomic E-state index is 0.450. The predicted molar refractivity (Wildman–Crippen MR) is 52.9 cm³/mol. The number of rotatable bonds is 3. The van der Waals surface area contributed by atoms with E-state index in [1.807, 2.05) is 19.2 Å². The molecule has 1 aromatic rings. The van der Waals surface area contributed by atoms with Gasteiger partial charge in [-0.05, 0) is 31.2 Å². The third-order valence-corrected chi connectivity index (χ3v) is 2.10. The lowest BCUT2D eigenvalue weighted by atomic mass is 10.0. The Balaban J connectivity index is 2.80. The van der Waals surface area contributed by atoms with Gasteiger partial charge < -0.3 is 11.1 Å². The van der Waals surface area contributed by atoms with E-state index in [4.69, 9.17) is 5.73 Å². The van der Waals surface area contributed by atoms with Crippen LogP contribution in [0.2, 0.25) is 0 Å². The number of hydrogen-bond donors (Lipinski definition) is 2. The molecule has 0 aliphatic rings. The van der Waals surface area contributed by atoms with Crippen molar-refractivity contribution >= 4 is 5.69 Å². The molecular weight excluding hydrogens is 148 g/mol. The average molecular weight is 164 g/mol. The number of nitrogen functional groups attached to an aromatic ring is 1. The molecular formula is C10H16N2. The third-order valence-electron chi connectivity index (χ3n) is 2.10. The van der Waals surface area contributed by atoms with Crippen molar-refractivity contribution in [3.63, 3.8) is 0 Å². The molecule has 66 valence electrons. The first-order valence-corrected chi connectivity index (χ1v) is 4.30. The molecule has 0 aliphatic heterocycles. The van der Waals surface area contributed by atoms with Gasteiger partial charge in [-0.3, -0.25) is 0 Å². The minimum Gasteiger partial charge on any atom is -0.399 e. The number of nitrogens with one attached hydrogen (secondary N) is 1. The molecule has 1 rings (SSSR count). The Morgan fingerprint density at radius 3 is 2.33 bits per heavy atom. The third kappa shape index (κ3) is 1.98. The fraction of sp³-hybridized carbons (Fsp3) is 0.400. The van der Waals surface area contributed by atoms with Gasteiger partial charge in [0.1, 0.15) is 0 Å². The van der Waals surface area contributed by atoms with Crippen molar-refractivity contribution in [1.82, 2.24) is 5.32 Å². The number of hydrogen-bond acceptors (Lipinski definition) is 2. The first-order chi connectivity index (χ1) is 5.77. The fourth-order valence-electron chi connectivity index (χ4n) is 1.33. The number of anilines is 1. The molecule has 1 atom stereocenters. The van der Waals surface area contributed by atoms with Crippen LogP contribution >= 0.6 is 0 Å². The van der Waals surface area contributed by atoms with Crippen LogP contribution in [-0.4, -0.2) is 7.05 Å². The highest BCUT2D eigenvalue weighted by atomic mass is 14.9. The van der Waals surface area contributed by atoms with Crippen LogP contribution in [0.4, 0.5) is 5.69 Å². The highest BCUT2D eigenvalue weighted by Crippen LogP contribution is 2.16. The molecule has 12 heavy (non-hydrogen) atoms. The second-order valence-electron chi connectivity index (χ2n) is 2.92. The lowest BCUT2D eigenvalue weighted by molar-refractivity contribution is 0.577. The van der Waals surface area contributed by atoms with Gasteiger partial charge in [-0.25, -0.2) is 0 Å². The van der Waals surface area contributed by atoms with E-state index in [2.05, 4.69) is 24.4 Å². The van der Waals surface area contributed by atoms with E-state index in [9.17, 15) is 0 Å². The van der Waals surface area contributed by atoms with Gasteiger partial charge in [0, 0.05) is 11.7 Å². The van der Waals surface area contributed by atoms with E-state index >= 15 is 0 Å². The molecule has 0 aliphatic carbocycles. The number of nitrogens with two attached hydrogens (primary N) is 1. The Kier molecular flexibility index (Phi) is 3.11. The Labute approximate surface area is 73.8 Å². The first kappa shape index (κ1) is 9.07. The lowest BCUT2D eigenvalue weighted by Crippen LogP contribution is -2.14. The largest absolute Gasteiger partial charge is 0.399 e. The summed E-state index contributed by atoms with van der Waals surface area (Å²) in [5.41, 5.74) is 7.71. The molecule has 0 spiro atoms. The Morgan fingerprint density at radius 1 is 1.33 bits per heavy atom. The summed E-state index contributed by atoms with van der Waals surface area (Å²) in [4.78, 5) is 0. The molecule has 0 fully saturated rings. The fourth-order valence-corrected chi connectivity index (χ4v) is 1.33. The zero-order valence-corrected chi connectivity index (χ0v) is 7.67. The highest BCUT2D eigenvalue weighted by Gasteiger charge is 2.04. The maximum absolute atomic E-state index is 5.59. The predicted octanol–water partition coefficient (Wildman–Crippen LogP) is 1.94. The first-order valence-electron chi connectivity index (χ1n) is 4.30. The Hall–Kier alpha value is -1.02. The van der Waals surface area contributed by atoms with Gasteiger partial charge in [-0.15, -0.1) is 0 Å². The van der Waals surface area contributed by atoms with Crippen LogP contribution in [0.15, 0.2) is 24.3 Å². The zero-order valence-electron chi connectivity index (χ0n) is 7.67. The smallest absolute Gasteiger partial charge is 0.0314 e. The molecule has 0 amide bonds. The molecule has 1 aromatic carbocycles. The standard InChI is InChI=1S/C10H16N2/c1-3-10(12-2)8-4-6-9(11)7-5-8/h4-7,10,12H,3,11H2,1-2H3. The van der Waals surface area contributed by atoms with E-state index in [1.54, 1.807) is 0 Å². The van der Waals surface area contributed by atoms with Crippen LogP contribution in [0.1, 0.15) is 24.9 Å². The molecule has 0 saturated heterocycles. The van der Waals surface area contributed by atoms with Gasteiger partial charge in [-0.2, -0.15) is 0 Å². The molecule has 2 nitrogen and oxygen atoms in total. The normalized spacial score (nSPS) is 12.8. The van der Waals surface area contributed by atoms with Crippen LogP contribution in [-0.2, 0) is 0 Å². The summed E-state index contributed by atoms with van der Waals surface area (Å²) >= 11 is 0. The summed E-state index contributed by atoms with van der Waals surface area (Å²) in [6.07, 6.45) is 1.10. The lowest BCUT2D eigenvalue weighted by Gasteiger charge is -2.13. The maximum Gasteiger partial charge on any atom is 0.0314 e. The summed E-state index contributed by atoms with van der Waals surface area (Å²) in [5.74, 6) is 0. The van der Waals surface area contributed by atoms with Crippen LogP contribution < -0.4 is 11.1 Å². The summed E-state index contributed by atoms with van der Waals surface area (Å²) in [7, 11) is 1.98. The van der Waals surface area contributed by atoms with E-state index < -0.39 is 0 Å². The van der Waals surface area contributed by atoms with Gasteiger partial charge >= 0.3 is 0 Å². The van der Waals surface area contributed by atoms with Gasteiger partial charge in [0.25, 0.3) is 0 Å². The molecule has 0 aromatic heterocycles. The SMILES string of the molecule is CCC(NC)c1ccc(N)cc1. The monoisotopic (exact) mass is 164 g/mol. The van der Waals surface area contributed by atoms with E-state index in [1.165, 1.54) is 5.56 Å². The topological polar surface area (TPSA) is 38.0 Å². The molecule has 1 unspecified atom stereocenters. The summed E-state index contributed by atoms with van der Waals surface area (Å²) < 4.78 is 0. The molecule has 2 heteroatoms. The van der Waals surface area contributed by atoms with Crippen LogP contribution in [0.3, 0.4) is 0 Å². The quantitative estimate of drug-likeness (QED) is 0.670. The Morgan fingerprint density at radius 2 is 1.92 bits per heavy atom. The highest BCUT2D eigenvalue weighted by molar-refractivity contribution is 5.40. The summed E-state index contributed by atoms with van der Waals surface area (Å²) in [5, 5.41) is 3.25. The number of benzene rings is 1. The van der Waals surface area contributed by atoms with Crippen LogP contribution in [0, 0.1) is 0 Å².